The van der Waals surface area contributed by atoms with E-state index in [0.717, 1.165) is 38.8 Å². The highest BCUT2D eigenvalue weighted by Crippen LogP contribution is 2.38. The molecule has 2 heterocycles. The summed E-state index contributed by atoms with van der Waals surface area (Å²) < 4.78 is 2.59. The first-order chi connectivity index (χ1) is 23.3. The van der Waals surface area contributed by atoms with Crippen LogP contribution in [0.4, 0.5) is 0 Å². The predicted octanol–water partition coefficient (Wildman–Crippen LogP) is 11.7. The smallest absolute Gasteiger partial charge is 0.164 e. The second-order valence-corrected chi connectivity index (χ2v) is 12.8. The molecule has 9 aromatic rings. The molecule has 0 saturated heterocycles. The van der Waals surface area contributed by atoms with E-state index < -0.39 is 0 Å². The number of aromatic nitrogens is 3. The minimum Gasteiger partial charge on any atom is -0.208 e. The Morgan fingerprint density at radius 2 is 0.894 bits per heavy atom. The first-order valence-corrected chi connectivity index (χ1v) is 16.5. The fourth-order valence-corrected chi connectivity index (χ4v) is 7.54. The molecule has 3 nitrogen and oxygen atoms in total. The molecule has 0 amide bonds. The van der Waals surface area contributed by atoms with Gasteiger partial charge >= 0.3 is 0 Å². The summed E-state index contributed by atoms with van der Waals surface area (Å²) in [5.41, 5.74) is 7.46. The molecule has 0 fully saturated rings. The van der Waals surface area contributed by atoms with Crippen LogP contribution in [0.3, 0.4) is 0 Å². The summed E-state index contributed by atoms with van der Waals surface area (Å²) in [6, 6.07) is 57.5. The summed E-state index contributed by atoms with van der Waals surface area (Å²) in [4.78, 5) is 15.2. The third kappa shape index (κ3) is 5.05. The van der Waals surface area contributed by atoms with Crippen LogP contribution in [0.5, 0.6) is 0 Å². The summed E-state index contributed by atoms with van der Waals surface area (Å²) in [6.45, 7) is 0. The molecule has 0 N–H and O–H groups in total. The van der Waals surface area contributed by atoms with E-state index in [-0.39, 0.29) is 0 Å². The van der Waals surface area contributed by atoms with E-state index in [4.69, 9.17) is 15.0 Å². The summed E-state index contributed by atoms with van der Waals surface area (Å²) in [7, 11) is 0. The lowest BCUT2D eigenvalue weighted by Gasteiger charge is -2.13. The maximum atomic E-state index is 5.13. The fourth-order valence-electron chi connectivity index (χ4n) is 6.39. The first kappa shape index (κ1) is 27.3. The van der Waals surface area contributed by atoms with Crippen molar-refractivity contribution in [2.45, 2.75) is 0 Å². The number of hydrogen-bond donors (Lipinski definition) is 0. The number of hydrogen-bond acceptors (Lipinski definition) is 4. The number of benzene rings is 7. The fraction of sp³-hybridized carbons (Fsp3) is 0. The van der Waals surface area contributed by atoms with E-state index >= 15 is 0 Å². The molecule has 0 aliphatic heterocycles. The van der Waals surface area contributed by atoms with Gasteiger partial charge in [0.15, 0.2) is 17.5 Å². The van der Waals surface area contributed by atoms with Crippen molar-refractivity contribution in [2.24, 2.45) is 0 Å². The summed E-state index contributed by atoms with van der Waals surface area (Å²) >= 11 is 1.84. The van der Waals surface area contributed by atoms with E-state index in [9.17, 15) is 0 Å². The molecule has 47 heavy (non-hydrogen) atoms. The van der Waals surface area contributed by atoms with Crippen molar-refractivity contribution in [2.75, 3.05) is 0 Å². The first-order valence-electron chi connectivity index (χ1n) is 15.7. The maximum Gasteiger partial charge on any atom is 0.164 e. The van der Waals surface area contributed by atoms with Crippen LogP contribution in [0.15, 0.2) is 164 Å². The Morgan fingerprint density at radius 1 is 0.319 bits per heavy atom. The van der Waals surface area contributed by atoms with Gasteiger partial charge in [-0.15, -0.1) is 11.3 Å². The largest absolute Gasteiger partial charge is 0.208 e. The van der Waals surface area contributed by atoms with Gasteiger partial charge in [-0.25, -0.2) is 15.0 Å². The number of fused-ring (bicyclic) bond motifs is 4. The Hall–Kier alpha value is -5.97. The molecule has 0 aliphatic carbocycles. The molecular weight excluding hydrogens is 591 g/mol. The highest BCUT2D eigenvalue weighted by atomic mass is 32.1. The average molecular weight is 618 g/mol. The average Bonchev–Trinajstić information content (AvgIpc) is 3.53. The standard InChI is InChI=1S/C43H27N3S/c1-3-12-28(13-4-1)38-26-34(25-32-16-7-8-19-35(32)38)43-45-41(29-14-5-2-6-15-29)44-42(46-43)33-18-11-17-30(24-33)31-22-23-37-36-20-9-10-21-39(36)47-40(37)27-31/h1-27H. The topological polar surface area (TPSA) is 38.7 Å². The van der Waals surface area contributed by atoms with Gasteiger partial charge in [0, 0.05) is 36.9 Å². The lowest BCUT2D eigenvalue weighted by molar-refractivity contribution is 1.07. The van der Waals surface area contributed by atoms with Crippen LogP contribution in [-0.2, 0) is 0 Å². The van der Waals surface area contributed by atoms with Crippen molar-refractivity contribution in [1.82, 2.24) is 15.0 Å². The van der Waals surface area contributed by atoms with Crippen molar-refractivity contribution in [3.63, 3.8) is 0 Å². The Labute approximate surface area is 276 Å². The molecule has 0 bridgehead atoms. The van der Waals surface area contributed by atoms with E-state index in [1.165, 1.54) is 31.1 Å². The second-order valence-electron chi connectivity index (χ2n) is 11.7. The van der Waals surface area contributed by atoms with Gasteiger partial charge in [-0.3, -0.25) is 0 Å². The zero-order valence-corrected chi connectivity index (χ0v) is 26.2. The van der Waals surface area contributed by atoms with Gasteiger partial charge in [-0.05, 0) is 63.4 Å². The summed E-state index contributed by atoms with van der Waals surface area (Å²) in [5, 5.41) is 4.95. The van der Waals surface area contributed by atoms with Gasteiger partial charge in [0.05, 0.1) is 0 Å². The van der Waals surface area contributed by atoms with Crippen LogP contribution in [0, 0.1) is 0 Å². The number of rotatable bonds is 5. The third-order valence-corrected chi connectivity index (χ3v) is 9.84. The van der Waals surface area contributed by atoms with Crippen LogP contribution in [0.25, 0.3) is 87.4 Å². The molecule has 0 aliphatic rings. The van der Waals surface area contributed by atoms with Crippen LogP contribution in [-0.4, -0.2) is 15.0 Å². The lowest BCUT2D eigenvalue weighted by Crippen LogP contribution is -2.00. The van der Waals surface area contributed by atoms with Crippen molar-refractivity contribution in [3.05, 3.63) is 164 Å². The van der Waals surface area contributed by atoms with Gasteiger partial charge in [-0.1, -0.05) is 133 Å². The molecule has 7 aromatic carbocycles. The zero-order valence-electron chi connectivity index (χ0n) is 25.3. The van der Waals surface area contributed by atoms with E-state index in [2.05, 4.69) is 146 Å². The van der Waals surface area contributed by atoms with E-state index in [1.54, 1.807) is 0 Å². The summed E-state index contributed by atoms with van der Waals surface area (Å²) in [6.07, 6.45) is 0. The normalized spacial score (nSPS) is 11.4. The molecule has 2 aromatic heterocycles. The monoisotopic (exact) mass is 617 g/mol. The number of nitrogens with zero attached hydrogens (tertiary/aromatic N) is 3. The Kier molecular flexibility index (Phi) is 6.65. The molecule has 4 heteroatoms. The maximum absolute atomic E-state index is 5.13. The molecule has 0 unspecified atom stereocenters. The van der Waals surface area contributed by atoms with Gasteiger partial charge in [0.25, 0.3) is 0 Å². The molecule has 220 valence electrons. The van der Waals surface area contributed by atoms with E-state index in [0.29, 0.717) is 17.5 Å². The SMILES string of the molecule is c1ccc(-c2nc(-c3cccc(-c4ccc5c(c4)sc4ccccc45)c3)nc(-c3cc(-c4ccccc4)c4ccccc4c3)n2)cc1. The van der Waals surface area contributed by atoms with Gasteiger partial charge in [0.1, 0.15) is 0 Å². The Balaban J connectivity index is 1.20. The Morgan fingerprint density at radius 3 is 1.70 bits per heavy atom. The molecule has 9 rings (SSSR count). The highest BCUT2D eigenvalue weighted by molar-refractivity contribution is 7.25. The van der Waals surface area contributed by atoms with Crippen molar-refractivity contribution < 1.29 is 0 Å². The molecular formula is C43H27N3S. The minimum absolute atomic E-state index is 0.646. The number of thiophene rings is 1. The highest BCUT2D eigenvalue weighted by Gasteiger charge is 2.16. The van der Waals surface area contributed by atoms with Crippen LogP contribution < -0.4 is 0 Å². The molecule has 0 atom stereocenters. The lowest BCUT2D eigenvalue weighted by atomic mass is 9.95. The van der Waals surface area contributed by atoms with Gasteiger partial charge < -0.3 is 0 Å². The molecule has 0 spiro atoms. The molecule has 0 saturated carbocycles. The van der Waals surface area contributed by atoms with Gasteiger partial charge in [-0.2, -0.15) is 0 Å². The van der Waals surface area contributed by atoms with Crippen LogP contribution >= 0.6 is 11.3 Å². The second kappa shape index (κ2) is 11.4. The van der Waals surface area contributed by atoms with Crippen molar-refractivity contribution in [3.8, 4) is 56.4 Å². The van der Waals surface area contributed by atoms with E-state index in [1.807, 2.05) is 29.5 Å². The van der Waals surface area contributed by atoms with Crippen molar-refractivity contribution in [1.29, 1.82) is 0 Å². The quantitative estimate of drug-likeness (QED) is 0.193. The minimum atomic E-state index is 0.646. The predicted molar refractivity (Wildman–Crippen MR) is 197 cm³/mol. The molecule has 0 radical (unpaired) electrons. The van der Waals surface area contributed by atoms with Crippen LogP contribution in [0.1, 0.15) is 0 Å². The van der Waals surface area contributed by atoms with Crippen molar-refractivity contribution >= 4 is 42.3 Å². The van der Waals surface area contributed by atoms with Gasteiger partial charge in [0.2, 0.25) is 0 Å². The zero-order chi connectivity index (χ0) is 31.2. The third-order valence-electron chi connectivity index (χ3n) is 8.71. The summed E-state index contributed by atoms with van der Waals surface area (Å²) in [5.74, 6) is 1.94. The Bertz CT molecular complexity index is 2570. The van der Waals surface area contributed by atoms with Crippen LogP contribution in [0.2, 0.25) is 0 Å².